The molecule has 0 bridgehead atoms. The molecule has 3 rings (SSSR count). The number of rotatable bonds is 5. The van der Waals surface area contributed by atoms with Crippen molar-refractivity contribution in [1.29, 1.82) is 0 Å². The van der Waals surface area contributed by atoms with E-state index in [4.69, 9.17) is 0 Å². The number of halogens is 2. The van der Waals surface area contributed by atoms with Gasteiger partial charge in [0.05, 0.1) is 6.04 Å². The Hall–Kier alpha value is -1.65. The summed E-state index contributed by atoms with van der Waals surface area (Å²) < 4.78 is 26.3. The summed E-state index contributed by atoms with van der Waals surface area (Å²) in [5, 5.41) is 6.63. The predicted molar refractivity (Wildman–Crippen MR) is 83.7 cm³/mol. The zero-order valence-corrected chi connectivity index (χ0v) is 13.1. The van der Waals surface area contributed by atoms with Gasteiger partial charge in [-0.1, -0.05) is 6.07 Å². The van der Waals surface area contributed by atoms with Crippen molar-refractivity contribution in [2.24, 2.45) is 16.3 Å². The number of guanidine groups is 1. The van der Waals surface area contributed by atoms with E-state index in [2.05, 4.69) is 15.6 Å². The van der Waals surface area contributed by atoms with Gasteiger partial charge in [0, 0.05) is 13.6 Å². The van der Waals surface area contributed by atoms with Crippen LogP contribution in [0.4, 0.5) is 8.78 Å². The maximum atomic E-state index is 13.3. The summed E-state index contributed by atoms with van der Waals surface area (Å²) in [6.45, 7) is 2.86. The van der Waals surface area contributed by atoms with E-state index in [0.717, 1.165) is 18.5 Å². The van der Waals surface area contributed by atoms with Crippen LogP contribution in [0.1, 0.15) is 44.2 Å². The molecule has 2 saturated carbocycles. The molecule has 2 fully saturated rings. The molecule has 0 amide bonds. The maximum Gasteiger partial charge on any atom is 0.191 e. The minimum Gasteiger partial charge on any atom is -0.356 e. The van der Waals surface area contributed by atoms with Crippen LogP contribution in [0.2, 0.25) is 0 Å². The Labute approximate surface area is 130 Å². The van der Waals surface area contributed by atoms with Gasteiger partial charge in [0.25, 0.3) is 0 Å². The molecule has 0 aromatic heterocycles. The maximum absolute atomic E-state index is 13.3. The van der Waals surface area contributed by atoms with E-state index in [9.17, 15) is 8.78 Å². The highest BCUT2D eigenvalue weighted by molar-refractivity contribution is 5.80. The average Bonchev–Trinajstić information content (AvgIpc) is 3.38. The summed E-state index contributed by atoms with van der Waals surface area (Å²) in [4.78, 5) is 4.23. The fourth-order valence-electron chi connectivity index (χ4n) is 3.11. The van der Waals surface area contributed by atoms with Gasteiger partial charge in [-0.15, -0.1) is 0 Å². The van der Waals surface area contributed by atoms with Crippen molar-refractivity contribution < 1.29 is 8.78 Å². The van der Waals surface area contributed by atoms with Gasteiger partial charge < -0.3 is 10.6 Å². The van der Waals surface area contributed by atoms with Crippen LogP contribution < -0.4 is 10.6 Å². The van der Waals surface area contributed by atoms with E-state index in [-0.39, 0.29) is 6.04 Å². The molecule has 120 valence electrons. The summed E-state index contributed by atoms with van der Waals surface area (Å²) in [6.07, 6.45) is 5.33. The Morgan fingerprint density at radius 3 is 2.59 bits per heavy atom. The molecule has 0 heterocycles. The summed E-state index contributed by atoms with van der Waals surface area (Å²) in [6, 6.07) is 3.84. The molecular weight excluding hydrogens is 284 g/mol. The third-order valence-corrected chi connectivity index (χ3v) is 4.96. The second kappa shape index (κ2) is 5.86. The summed E-state index contributed by atoms with van der Waals surface area (Å²) in [7, 11) is 1.73. The summed E-state index contributed by atoms with van der Waals surface area (Å²) in [5.74, 6) is -0.0378. The smallest absolute Gasteiger partial charge is 0.191 e. The van der Waals surface area contributed by atoms with Crippen LogP contribution in [0, 0.1) is 23.0 Å². The number of nitrogens with zero attached hydrogens (tertiary/aromatic N) is 1. The normalized spacial score (nSPS) is 21.4. The first-order valence-corrected chi connectivity index (χ1v) is 7.96. The Morgan fingerprint density at radius 2 is 2.05 bits per heavy atom. The molecule has 2 aliphatic rings. The van der Waals surface area contributed by atoms with Crippen molar-refractivity contribution in [3.05, 3.63) is 35.4 Å². The highest BCUT2D eigenvalue weighted by atomic mass is 19.2. The van der Waals surface area contributed by atoms with Crippen LogP contribution in [0.3, 0.4) is 0 Å². The molecule has 22 heavy (non-hydrogen) atoms. The highest BCUT2D eigenvalue weighted by Crippen LogP contribution is 2.60. The van der Waals surface area contributed by atoms with E-state index < -0.39 is 11.6 Å². The quantitative estimate of drug-likeness (QED) is 0.646. The minimum absolute atomic E-state index is 0.141. The highest BCUT2D eigenvalue weighted by Gasteiger charge is 2.53. The molecule has 0 spiro atoms. The number of nitrogens with one attached hydrogen (secondary N) is 2. The summed E-state index contributed by atoms with van der Waals surface area (Å²) >= 11 is 0. The fraction of sp³-hybridized carbons (Fsp3) is 0.588. The number of benzene rings is 1. The molecule has 0 saturated heterocycles. The van der Waals surface area contributed by atoms with Crippen molar-refractivity contribution >= 4 is 5.96 Å². The van der Waals surface area contributed by atoms with Crippen LogP contribution in [0.5, 0.6) is 0 Å². The first-order valence-electron chi connectivity index (χ1n) is 7.96. The number of hydrogen-bond acceptors (Lipinski definition) is 1. The van der Waals surface area contributed by atoms with E-state index >= 15 is 0 Å². The van der Waals surface area contributed by atoms with Gasteiger partial charge in [0.2, 0.25) is 0 Å². The molecule has 1 atom stereocenters. The van der Waals surface area contributed by atoms with Crippen LogP contribution in [-0.4, -0.2) is 19.6 Å². The monoisotopic (exact) mass is 307 g/mol. The third-order valence-electron chi connectivity index (χ3n) is 4.96. The first kappa shape index (κ1) is 15.3. The molecule has 1 aromatic rings. The number of aliphatic imine (C=N–C) groups is 1. The van der Waals surface area contributed by atoms with Gasteiger partial charge in [-0.3, -0.25) is 4.99 Å². The Kier molecular flexibility index (Phi) is 4.06. The van der Waals surface area contributed by atoms with Crippen LogP contribution in [-0.2, 0) is 0 Å². The lowest BCUT2D eigenvalue weighted by Crippen LogP contribution is -2.41. The molecule has 3 nitrogen and oxygen atoms in total. The average molecular weight is 307 g/mol. The van der Waals surface area contributed by atoms with E-state index in [1.165, 1.54) is 31.7 Å². The third kappa shape index (κ3) is 3.23. The van der Waals surface area contributed by atoms with Gasteiger partial charge in [-0.2, -0.15) is 0 Å². The Morgan fingerprint density at radius 1 is 1.32 bits per heavy atom. The van der Waals surface area contributed by atoms with Crippen molar-refractivity contribution in [2.45, 2.75) is 38.6 Å². The number of hydrogen-bond donors (Lipinski definition) is 2. The van der Waals surface area contributed by atoms with E-state index in [0.29, 0.717) is 16.9 Å². The second-order valence-electron chi connectivity index (χ2n) is 6.60. The largest absolute Gasteiger partial charge is 0.356 e. The standard InChI is InChI=1S/C17H23F2N3/c1-11(12-3-6-14(18)15(19)9-12)22-16(20-2)21-10-17(7-8-17)13-4-5-13/h3,6,9,11,13H,4-5,7-8,10H2,1-2H3,(H2,20,21,22). The molecule has 5 heteroatoms. The molecule has 1 aromatic carbocycles. The van der Waals surface area contributed by atoms with Gasteiger partial charge in [0.15, 0.2) is 17.6 Å². The van der Waals surface area contributed by atoms with Crippen LogP contribution in [0.25, 0.3) is 0 Å². The molecule has 2 aliphatic carbocycles. The lowest BCUT2D eigenvalue weighted by molar-refractivity contribution is 0.430. The topological polar surface area (TPSA) is 36.4 Å². The Bertz CT molecular complexity index is 577. The second-order valence-corrected chi connectivity index (χ2v) is 6.60. The van der Waals surface area contributed by atoms with Gasteiger partial charge in [-0.05, 0) is 61.6 Å². The van der Waals surface area contributed by atoms with Crippen LogP contribution >= 0.6 is 0 Å². The fourth-order valence-corrected chi connectivity index (χ4v) is 3.11. The van der Waals surface area contributed by atoms with Crippen molar-refractivity contribution in [3.63, 3.8) is 0 Å². The van der Waals surface area contributed by atoms with Crippen LogP contribution in [0.15, 0.2) is 23.2 Å². The van der Waals surface area contributed by atoms with Gasteiger partial charge in [0.1, 0.15) is 0 Å². The first-order chi connectivity index (χ1) is 10.5. The van der Waals surface area contributed by atoms with E-state index in [1.807, 2.05) is 6.92 Å². The minimum atomic E-state index is -0.821. The van der Waals surface area contributed by atoms with Gasteiger partial charge in [-0.25, -0.2) is 8.78 Å². The lowest BCUT2D eigenvalue weighted by Gasteiger charge is -2.21. The van der Waals surface area contributed by atoms with Crippen molar-refractivity contribution in [2.75, 3.05) is 13.6 Å². The summed E-state index contributed by atoms with van der Waals surface area (Å²) in [5.41, 5.74) is 1.19. The Balaban J connectivity index is 1.56. The molecule has 1 unspecified atom stereocenters. The van der Waals surface area contributed by atoms with Crippen molar-refractivity contribution in [3.8, 4) is 0 Å². The predicted octanol–water partition coefficient (Wildman–Crippen LogP) is 3.38. The zero-order valence-electron chi connectivity index (χ0n) is 13.1. The molecule has 2 N–H and O–H groups in total. The molecule has 0 aliphatic heterocycles. The lowest BCUT2D eigenvalue weighted by atomic mass is 10.0. The molecule has 0 radical (unpaired) electrons. The zero-order chi connectivity index (χ0) is 15.7. The SMILES string of the molecule is CN=C(NCC1(C2CC2)CC1)NC(C)c1ccc(F)c(F)c1. The van der Waals surface area contributed by atoms with Crippen molar-refractivity contribution in [1.82, 2.24) is 10.6 Å². The van der Waals surface area contributed by atoms with E-state index in [1.54, 1.807) is 13.1 Å². The van der Waals surface area contributed by atoms with Gasteiger partial charge >= 0.3 is 0 Å². The molecular formula is C17H23F2N3.